The number of rotatable bonds is 11. The second kappa shape index (κ2) is 12.2. The van der Waals surface area contributed by atoms with Gasteiger partial charge in [-0.25, -0.2) is 5.43 Å². The van der Waals surface area contributed by atoms with Crippen LogP contribution in [-0.2, 0) is 0 Å². The lowest BCUT2D eigenvalue weighted by atomic mass is 10.1. The molecule has 0 saturated heterocycles. The van der Waals surface area contributed by atoms with Crippen LogP contribution < -0.4 is 19.6 Å². The van der Waals surface area contributed by atoms with Crippen molar-refractivity contribution in [2.45, 2.75) is 27.2 Å². The van der Waals surface area contributed by atoms with Gasteiger partial charge in [-0.15, -0.1) is 0 Å². The van der Waals surface area contributed by atoms with Crippen molar-refractivity contribution in [2.75, 3.05) is 19.8 Å². The van der Waals surface area contributed by atoms with Crippen LogP contribution in [0, 0.1) is 13.8 Å². The number of aryl methyl sites for hydroxylation is 2. The van der Waals surface area contributed by atoms with Crippen LogP contribution in [0.5, 0.6) is 17.2 Å². The standard InChI is InChI=1S/C26H29N3O4/c1-4-31-25-17-21(18-28-29-26(30)22-8-10-27-11-9-22)6-7-24(25)33-13-5-12-32-23-15-19(2)14-20(3)16-23/h6-11,14-18H,4-5,12-13H2,1-3H3,(H,29,30). The molecule has 0 bridgehead atoms. The van der Waals surface area contributed by atoms with Crippen molar-refractivity contribution < 1.29 is 19.0 Å². The summed E-state index contributed by atoms with van der Waals surface area (Å²) in [6.45, 7) is 7.60. The molecule has 0 aliphatic heterocycles. The van der Waals surface area contributed by atoms with Crippen molar-refractivity contribution in [3.05, 3.63) is 83.2 Å². The van der Waals surface area contributed by atoms with Crippen LogP contribution in [0.25, 0.3) is 0 Å². The Kier molecular flexibility index (Phi) is 8.82. The van der Waals surface area contributed by atoms with Gasteiger partial charge in [0, 0.05) is 24.4 Å². The summed E-state index contributed by atoms with van der Waals surface area (Å²) < 4.78 is 17.5. The summed E-state index contributed by atoms with van der Waals surface area (Å²) in [4.78, 5) is 15.9. The Hall–Kier alpha value is -3.87. The lowest BCUT2D eigenvalue weighted by Gasteiger charge is -2.13. The summed E-state index contributed by atoms with van der Waals surface area (Å²) in [6.07, 6.45) is 5.41. The molecule has 0 fully saturated rings. The Morgan fingerprint density at radius 2 is 1.67 bits per heavy atom. The fraction of sp³-hybridized carbons (Fsp3) is 0.269. The maximum Gasteiger partial charge on any atom is 0.271 e. The van der Waals surface area contributed by atoms with Crippen LogP contribution in [0.4, 0.5) is 0 Å². The SMILES string of the molecule is CCOc1cc(C=NNC(=O)c2ccncc2)ccc1OCCCOc1cc(C)cc(C)c1. The summed E-state index contributed by atoms with van der Waals surface area (Å²) in [5, 5.41) is 4.02. The van der Waals surface area contributed by atoms with Gasteiger partial charge >= 0.3 is 0 Å². The minimum Gasteiger partial charge on any atom is -0.493 e. The van der Waals surface area contributed by atoms with Crippen LogP contribution in [-0.4, -0.2) is 36.9 Å². The van der Waals surface area contributed by atoms with Crippen LogP contribution in [0.1, 0.15) is 40.4 Å². The van der Waals surface area contributed by atoms with Gasteiger partial charge in [-0.05, 0) is 79.9 Å². The largest absolute Gasteiger partial charge is 0.493 e. The zero-order valence-corrected chi connectivity index (χ0v) is 19.2. The van der Waals surface area contributed by atoms with Crippen molar-refractivity contribution in [3.63, 3.8) is 0 Å². The molecular formula is C26H29N3O4. The molecular weight excluding hydrogens is 418 g/mol. The molecule has 3 aromatic rings. The Bertz CT molecular complexity index is 1060. The fourth-order valence-electron chi connectivity index (χ4n) is 3.17. The number of amides is 1. The number of pyridine rings is 1. The molecule has 172 valence electrons. The quantitative estimate of drug-likeness (QED) is 0.262. The molecule has 1 aromatic heterocycles. The van der Waals surface area contributed by atoms with Gasteiger partial charge in [-0.1, -0.05) is 6.07 Å². The highest BCUT2D eigenvalue weighted by Gasteiger charge is 2.07. The van der Waals surface area contributed by atoms with E-state index in [-0.39, 0.29) is 5.91 Å². The average molecular weight is 448 g/mol. The van der Waals surface area contributed by atoms with Crippen LogP contribution in [0.2, 0.25) is 0 Å². The first-order valence-electron chi connectivity index (χ1n) is 10.9. The molecule has 0 spiro atoms. The highest BCUT2D eigenvalue weighted by atomic mass is 16.5. The first-order valence-corrected chi connectivity index (χ1v) is 10.9. The number of ether oxygens (including phenoxy) is 3. The zero-order chi connectivity index (χ0) is 23.5. The first-order chi connectivity index (χ1) is 16.0. The molecule has 2 aromatic carbocycles. The second-order valence-electron chi connectivity index (χ2n) is 7.45. The van der Waals surface area contributed by atoms with E-state index >= 15 is 0 Å². The summed E-state index contributed by atoms with van der Waals surface area (Å²) in [6, 6.07) is 14.9. The third-order valence-electron chi connectivity index (χ3n) is 4.60. The van der Waals surface area contributed by atoms with E-state index in [0.29, 0.717) is 36.9 Å². The minimum atomic E-state index is -0.304. The van der Waals surface area contributed by atoms with Crippen molar-refractivity contribution >= 4 is 12.1 Å². The molecule has 0 atom stereocenters. The van der Waals surface area contributed by atoms with Crippen molar-refractivity contribution in [3.8, 4) is 17.2 Å². The number of nitrogens with one attached hydrogen (secondary N) is 1. The van der Waals surface area contributed by atoms with E-state index in [1.54, 1.807) is 30.7 Å². The monoisotopic (exact) mass is 447 g/mol. The summed E-state index contributed by atoms with van der Waals surface area (Å²) in [7, 11) is 0. The molecule has 0 radical (unpaired) electrons. The van der Waals surface area contributed by atoms with E-state index in [4.69, 9.17) is 14.2 Å². The van der Waals surface area contributed by atoms with E-state index in [1.165, 1.54) is 11.1 Å². The summed E-state index contributed by atoms with van der Waals surface area (Å²) in [5.74, 6) is 1.85. The normalized spacial score (nSPS) is 10.8. The number of hydrazone groups is 1. The number of carbonyl (C=O) groups is 1. The van der Waals surface area contributed by atoms with E-state index < -0.39 is 0 Å². The lowest BCUT2D eigenvalue weighted by molar-refractivity contribution is 0.0955. The number of nitrogens with zero attached hydrogens (tertiary/aromatic N) is 2. The van der Waals surface area contributed by atoms with Crippen LogP contribution in [0.3, 0.4) is 0 Å². The predicted octanol–water partition coefficient (Wildman–Crippen LogP) is 4.71. The lowest BCUT2D eigenvalue weighted by Crippen LogP contribution is -2.17. The number of hydrogen-bond donors (Lipinski definition) is 1. The van der Waals surface area contributed by atoms with Crippen molar-refractivity contribution in [1.29, 1.82) is 0 Å². The minimum absolute atomic E-state index is 0.304. The highest BCUT2D eigenvalue weighted by molar-refractivity contribution is 5.94. The van der Waals surface area contributed by atoms with Gasteiger partial charge in [0.1, 0.15) is 5.75 Å². The molecule has 7 nitrogen and oxygen atoms in total. The molecule has 0 unspecified atom stereocenters. The van der Waals surface area contributed by atoms with Gasteiger partial charge in [-0.2, -0.15) is 5.10 Å². The van der Waals surface area contributed by atoms with E-state index in [1.807, 2.05) is 37.3 Å². The van der Waals surface area contributed by atoms with Gasteiger partial charge in [0.25, 0.3) is 5.91 Å². The predicted molar refractivity (Wildman–Crippen MR) is 128 cm³/mol. The van der Waals surface area contributed by atoms with E-state index in [2.05, 4.69) is 35.4 Å². The second-order valence-corrected chi connectivity index (χ2v) is 7.45. The fourth-order valence-corrected chi connectivity index (χ4v) is 3.17. The van der Waals surface area contributed by atoms with Crippen molar-refractivity contribution in [1.82, 2.24) is 10.4 Å². The van der Waals surface area contributed by atoms with Crippen LogP contribution in [0.15, 0.2) is 66.0 Å². The Balaban J connectivity index is 1.50. The maximum absolute atomic E-state index is 12.0. The van der Waals surface area contributed by atoms with Crippen molar-refractivity contribution in [2.24, 2.45) is 5.10 Å². The molecule has 1 amide bonds. The average Bonchev–Trinajstić information content (AvgIpc) is 2.80. The molecule has 7 heteroatoms. The molecule has 1 heterocycles. The molecule has 0 saturated carbocycles. The molecule has 0 aliphatic carbocycles. The Morgan fingerprint density at radius 1 is 0.939 bits per heavy atom. The Labute approximate surface area is 194 Å². The van der Waals surface area contributed by atoms with Gasteiger partial charge in [0.15, 0.2) is 11.5 Å². The molecule has 0 aliphatic rings. The smallest absolute Gasteiger partial charge is 0.271 e. The van der Waals surface area contributed by atoms with E-state index in [0.717, 1.165) is 17.7 Å². The Morgan fingerprint density at radius 3 is 2.39 bits per heavy atom. The highest BCUT2D eigenvalue weighted by Crippen LogP contribution is 2.28. The summed E-state index contributed by atoms with van der Waals surface area (Å²) in [5.41, 5.74) is 6.13. The number of benzene rings is 2. The number of aromatic nitrogens is 1. The number of hydrogen-bond acceptors (Lipinski definition) is 6. The van der Waals surface area contributed by atoms with Gasteiger partial charge < -0.3 is 14.2 Å². The third-order valence-corrected chi connectivity index (χ3v) is 4.60. The third kappa shape index (κ3) is 7.64. The van der Waals surface area contributed by atoms with Gasteiger partial charge in [0.2, 0.25) is 0 Å². The topological polar surface area (TPSA) is 82.0 Å². The molecule has 33 heavy (non-hydrogen) atoms. The number of carbonyl (C=O) groups excluding carboxylic acids is 1. The van der Waals surface area contributed by atoms with Gasteiger partial charge in [0.05, 0.1) is 26.0 Å². The zero-order valence-electron chi connectivity index (χ0n) is 19.2. The van der Waals surface area contributed by atoms with E-state index in [9.17, 15) is 4.79 Å². The first kappa shape index (κ1) is 23.8. The maximum atomic E-state index is 12.0. The van der Waals surface area contributed by atoms with Crippen LogP contribution >= 0.6 is 0 Å². The summed E-state index contributed by atoms with van der Waals surface area (Å²) >= 11 is 0. The molecule has 3 rings (SSSR count). The van der Waals surface area contributed by atoms with Gasteiger partial charge in [-0.3, -0.25) is 9.78 Å². The molecule has 1 N–H and O–H groups in total.